The standard InChI is InChI=1S/C25H28ClN5O3/c1-25(2)14-34-23-17(7-4-8-20(23)31-25)18-12-21(28-13-19(18)26)30-24(33)15-5-3-6-16(11-15)29-22(32)9-10-27/h4,7-8,12-13,15-16,31H,3,5-6,9,11,14H2,1-2H3,(H,29,32)(H,28,30,33). The van der Waals surface area contributed by atoms with Gasteiger partial charge in [-0.15, -0.1) is 0 Å². The van der Waals surface area contributed by atoms with Crippen molar-refractivity contribution in [3.63, 3.8) is 0 Å². The molecule has 0 radical (unpaired) electrons. The summed E-state index contributed by atoms with van der Waals surface area (Å²) in [5.74, 6) is 0.428. The number of hydrogen-bond donors (Lipinski definition) is 3. The summed E-state index contributed by atoms with van der Waals surface area (Å²) in [4.78, 5) is 29.0. The molecule has 1 aliphatic carbocycles. The van der Waals surface area contributed by atoms with Crippen molar-refractivity contribution in [3.8, 4) is 22.9 Å². The fourth-order valence-corrected chi connectivity index (χ4v) is 4.71. The number of ether oxygens (including phenoxy) is 1. The summed E-state index contributed by atoms with van der Waals surface area (Å²) in [6, 6.07) is 9.33. The molecule has 0 saturated heterocycles. The number of carbonyl (C=O) groups is 2. The van der Waals surface area contributed by atoms with E-state index < -0.39 is 0 Å². The SMILES string of the molecule is CC1(C)COc2c(cccc2-c2cc(NC(=O)C3CCCC(NC(=O)CC#N)C3)ncc2Cl)N1. The molecule has 1 aromatic carbocycles. The number of benzene rings is 1. The summed E-state index contributed by atoms with van der Waals surface area (Å²) in [6.07, 6.45) is 4.24. The molecule has 2 aromatic rings. The number of carbonyl (C=O) groups excluding carboxylic acids is 2. The van der Waals surface area contributed by atoms with Crippen LogP contribution in [0.15, 0.2) is 30.5 Å². The predicted molar refractivity (Wildman–Crippen MR) is 131 cm³/mol. The maximum absolute atomic E-state index is 13.0. The van der Waals surface area contributed by atoms with Gasteiger partial charge >= 0.3 is 0 Å². The van der Waals surface area contributed by atoms with E-state index in [1.165, 1.54) is 6.20 Å². The van der Waals surface area contributed by atoms with Gasteiger partial charge in [0.2, 0.25) is 11.8 Å². The van der Waals surface area contributed by atoms with Crippen molar-refractivity contribution in [2.75, 3.05) is 17.2 Å². The average molecular weight is 482 g/mol. The van der Waals surface area contributed by atoms with Gasteiger partial charge in [0.15, 0.2) is 0 Å². The summed E-state index contributed by atoms with van der Waals surface area (Å²) >= 11 is 6.49. The Morgan fingerprint density at radius 2 is 2.15 bits per heavy atom. The minimum Gasteiger partial charge on any atom is -0.488 e. The highest BCUT2D eigenvalue weighted by Crippen LogP contribution is 2.43. The fraction of sp³-hybridized carbons (Fsp3) is 0.440. The Morgan fingerprint density at radius 3 is 2.94 bits per heavy atom. The Bertz CT molecular complexity index is 1140. The van der Waals surface area contributed by atoms with Gasteiger partial charge in [-0.25, -0.2) is 4.98 Å². The van der Waals surface area contributed by atoms with E-state index in [1.54, 1.807) is 6.07 Å². The van der Waals surface area contributed by atoms with E-state index in [1.807, 2.05) is 24.3 Å². The number of nitrogens with zero attached hydrogens (tertiary/aromatic N) is 2. The molecule has 4 rings (SSSR count). The molecule has 0 spiro atoms. The molecule has 34 heavy (non-hydrogen) atoms. The van der Waals surface area contributed by atoms with Crippen molar-refractivity contribution in [1.29, 1.82) is 5.26 Å². The Morgan fingerprint density at radius 1 is 1.32 bits per heavy atom. The van der Waals surface area contributed by atoms with Crippen LogP contribution in [0.25, 0.3) is 11.1 Å². The lowest BCUT2D eigenvalue weighted by Crippen LogP contribution is -2.41. The van der Waals surface area contributed by atoms with E-state index in [0.717, 1.165) is 41.8 Å². The lowest BCUT2D eigenvalue weighted by Gasteiger charge is -2.34. The summed E-state index contributed by atoms with van der Waals surface area (Å²) in [6.45, 7) is 4.65. The van der Waals surface area contributed by atoms with Crippen molar-refractivity contribution in [2.24, 2.45) is 5.92 Å². The van der Waals surface area contributed by atoms with Gasteiger partial charge in [0.1, 0.15) is 24.6 Å². The molecule has 3 N–H and O–H groups in total. The van der Waals surface area contributed by atoms with E-state index in [2.05, 4.69) is 34.8 Å². The molecule has 1 aliphatic heterocycles. The van der Waals surface area contributed by atoms with Gasteiger partial charge in [0.05, 0.1) is 22.3 Å². The van der Waals surface area contributed by atoms with E-state index >= 15 is 0 Å². The van der Waals surface area contributed by atoms with Crippen LogP contribution in [0.4, 0.5) is 11.5 Å². The molecule has 1 fully saturated rings. The van der Waals surface area contributed by atoms with Crippen LogP contribution in [0, 0.1) is 17.2 Å². The summed E-state index contributed by atoms with van der Waals surface area (Å²) in [5.41, 5.74) is 2.24. The number of anilines is 2. The highest BCUT2D eigenvalue weighted by Gasteiger charge is 2.30. The molecular formula is C25H28ClN5O3. The molecule has 1 aromatic heterocycles. The highest BCUT2D eigenvalue weighted by atomic mass is 35.5. The minimum atomic E-state index is -0.302. The van der Waals surface area contributed by atoms with E-state index in [4.69, 9.17) is 21.6 Å². The lowest BCUT2D eigenvalue weighted by atomic mass is 9.85. The van der Waals surface area contributed by atoms with Crippen LogP contribution in [-0.4, -0.2) is 35.0 Å². The number of nitriles is 1. The zero-order valence-electron chi connectivity index (χ0n) is 19.3. The zero-order chi connectivity index (χ0) is 24.3. The largest absolute Gasteiger partial charge is 0.488 e. The van der Waals surface area contributed by atoms with Crippen molar-refractivity contribution < 1.29 is 14.3 Å². The van der Waals surface area contributed by atoms with Crippen LogP contribution >= 0.6 is 11.6 Å². The van der Waals surface area contributed by atoms with Crippen LogP contribution in [0.1, 0.15) is 46.0 Å². The van der Waals surface area contributed by atoms with Gasteiger partial charge in [0, 0.05) is 29.3 Å². The molecule has 178 valence electrons. The van der Waals surface area contributed by atoms with Crippen LogP contribution in [-0.2, 0) is 9.59 Å². The molecule has 0 bridgehead atoms. The maximum atomic E-state index is 13.0. The van der Waals surface area contributed by atoms with Gasteiger partial charge in [-0.05, 0) is 45.2 Å². The first-order valence-corrected chi connectivity index (χ1v) is 11.8. The topological polar surface area (TPSA) is 116 Å². The predicted octanol–water partition coefficient (Wildman–Crippen LogP) is 4.51. The number of para-hydroxylation sites is 1. The van der Waals surface area contributed by atoms with Gasteiger partial charge in [-0.3, -0.25) is 9.59 Å². The van der Waals surface area contributed by atoms with Crippen molar-refractivity contribution in [1.82, 2.24) is 10.3 Å². The Hall–Kier alpha value is -3.31. The second kappa shape index (κ2) is 9.90. The van der Waals surface area contributed by atoms with E-state index in [-0.39, 0.29) is 35.7 Å². The van der Waals surface area contributed by atoms with E-state index in [0.29, 0.717) is 23.9 Å². The summed E-state index contributed by atoms with van der Waals surface area (Å²) < 4.78 is 6.07. The maximum Gasteiger partial charge on any atom is 0.234 e. The summed E-state index contributed by atoms with van der Waals surface area (Å²) in [7, 11) is 0. The number of pyridine rings is 1. The van der Waals surface area contributed by atoms with Crippen molar-refractivity contribution >= 4 is 34.9 Å². The number of aromatic nitrogens is 1. The van der Waals surface area contributed by atoms with Crippen LogP contribution in [0.2, 0.25) is 5.02 Å². The molecule has 2 atom stereocenters. The van der Waals surface area contributed by atoms with Gasteiger partial charge < -0.3 is 20.7 Å². The monoisotopic (exact) mass is 481 g/mol. The third kappa shape index (κ3) is 5.42. The van der Waals surface area contributed by atoms with Gasteiger partial charge in [-0.2, -0.15) is 5.26 Å². The molecule has 2 heterocycles. The zero-order valence-corrected chi connectivity index (χ0v) is 20.0. The van der Waals surface area contributed by atoms with Crippen LogP contribution in [0.5, 0.6) is 5.75 Å². The summed E-state index contributed by atoms with van der Waals surface area (Å²) in [5, 5.41) is 18.4. The Labute approximate surface area is 204 Å². The lowest BCUT2D eigenvalue weighted by molar-refractivity contribution is -0.124. The quantitative estimate of drug-likeness (QED) is 0.578. The van der Waals surface area contributed by atoms with E-state index in [9.17, 15) is 9.59 Å². The minimum absolute atomic E-state index is 0.108. The molecule has 2 unspecified atom stereocenters. The third-order valence-corrected chi connectivity index (χ3v) is 6.41. The number of fused-ring (bicyclic) bond motifs is 1. The number of rotatable bonds is 5. The van der Waals surface area contributed by atoms with Gasteiger partial charge in [0.25, 0.3) is 0 Å². The van der Waals surface area contributed by atoms with Crippen molar-refractivity contribution in [3.05, 3.63) is 35.5 Å². The number of amides is 2. The van der Waals surface area contributed by atoms with Crippen LogP contribution < -0.4 is 20.7 Å². The van der Waals surface area contributed by atoms with Crippen LogP contribution in [0.3, 0.4) is 0 Å². The first-order valence-electron chi connectivity index (χ1n) is 11.4. The van der Waals surface area contributed by atoms with Crippen molar-refractivity contribution in [2.45, 2.75) is 57.5 Å². The first kappa shape index (κ1) is 23.8. The molecule has 2 aliphatic rings. The molecule has 8 nitrogen and oxygen atoms in total. The molecule has 2 amide bonds. The Balaban J connectivity index is 1.50. The second-order valence-corrected chi connectivity index (χ2v) is 9.89. The average Bonchev–Trinajstić information content (AvgIpc) is 2.79. The molecule has 9 heteroatoms. The first-order chi connectivity index (χ1) is 16.3. The third-order valence-electron chi connectivity index (χ3n) is 6.11. The second-order valence-electron chi connectivity index (χ2n) is 9.48. The fourth-order valence-electron chi connectivity index (χ4n) is 4.51. The molecular weight excluding hydrogens is 454 g/mol. The number of nitrogens with one attached hydrogen (secondary N) is 3. The number of hydrogen-bond acceptors (Lipinski definition) is 6. The van der Waals surface area contributed by atoms with Gasteiger partial charge in [-0.1, -0.05) is 30.2 Å². The Kier molecular flexibility index (Phi) is 6.94. The number of halogens is 1. The smallest absolute Gasteiger partial charge is 0.234 e. The highest BCUT2D eigenvalue weighted by molar-refractivity contribution is 6.33. The molecule has 1 saturated carbocycles. The normalized spacial score (nSPS) is 20.6.